The zero-order valence-corrected chi connectivity index (χ0v) is 23.1. The molecule has 7 nitrogen and oxygen atoms in total. The summed E-state index contributed by atoms with van der Waals surface area (Å²) in [6.07, 6.45) is 1.89. The van der Waals surface area contributed by atoms with Gasteiger partial charge in [0.1, 0.15) is 11.6 Å². The number of fused-ring (bicyclic) bond motifs is 4. The summed E-state index contributed by atoms with van der Waals surface area (Å²) < 4.78 is 0. The van der Waals surface area contributed by atoms with Crippen molar-refractivity contribution in [3.63, 3.8) is 0 Å². The van der Waals surface area contributed by atoms with E-state index in [9.17, 15) is 29.1 Å². The van der Waals surface area contributed by atoms with E-state index in [2.05, 4.69) is 0 Å². The van der Waals surface area contributed by atoms with E-state index in [1.165, 1.54) is 13.0 Å². The third kappa shape index (κ3) is 3.67. The lowest BCUT2D eigenvalue weighted by Gasteiger charge is -2.58. The largest absolute Gasteiger partial charge is 0.478 e. The standard InChI is InChI=1S/C30H40O7/c1-15(10-17(31)11-16(2)26(36)37)18-12-23(35)30(7)25-19(32)13-21-27(3,4)22(34)8-9-28(21,5)24(25)20(33)14-29(18,30)6/h11,15,17-18,21,31H,8-10,12-14H2,1-7H3,(H,36,37)/t15-,17+,18-,21+,28+,29-,30+/m1/s1. The van der Waals surface area contributed by atoms with Gasteiger partial charge in [-0.15, -0.1) is 0 Å². The summed E-state index contributed by atoms with van der Waals surface area (Å²) in [6.45, 7) is 12.9. The first kappa shape index (κ1) is 27.6. The quantitative estimate of drug-likeness (QED) is 0.527. The molecule has 0 aromatic carbocycles. The predicted molar refractivity (Wildman–Crippen MR) is 136 cm³/mol. The smallest absolute Gasteiger partial charge is 0.331 e. The highest BCUT2D eigenvalue weighted by Crippen LogP contribution is 2.69. The fraction of sp³-hybridized carbons (Fsp3) is 0.700. The molecule has 0 bridgehead atoms. The SMILES string of the molecule is CC(=C[C@@H](O)C[C@@H](C)[C@H]1CC(=O)[C@@]2(C)C3=C(C(=O)C[C@]12C)[C@@]1(C)CCC(=O)C(C)(C)[C@@H]1CC3=O)C(=O)O. The van der Waals surface area contributed by atoms with E-state index in [0.717, 1.165) is 0 Å². The number of aliphatic carboxylic acids is 1. The van der Waals surface area contributed by atoms with Gasteiger partial charge in [-0.1, -0.05) is 34.6 Å². The fourth-order valence-corrected chi connectivity index (χ4v) is 8.61. The normalized spacial score (nSPS) is 39.2. The Bertz CT molecular complexity index is 1170. The van der Waals surface area contributed by atoms with Crippen LogP contribution in [0.1, 0.15) is 87.0 Å². The predicted octanol–water partition coefficient (Wildman–Crippen LogP) is 4.26. The number of hydrogen-bond donors (Lipinski definition) is 2. The van der Waals surface area contributed by atoms with Crippen LogP contribution in [0.3, 0.4) is 0 Å². The van der Waals surface area contributed by atoms with E-state index < -0.39 is 33.7 Å². The Kier molecular flexibility index (Phi) is 6.38. The number of carbonyl (C=O) groups excluding carboxylic acids is 4. The van der Waals surface area contributed by atoms with E-state index in [4.69, 9.17) is 5.11 Å². The van der Waals surface area contributed by atoms with Gasteiger partial charge >= 0.3 is 5.97 Å². The average molecular weight is 513 g/mol. The minimum atomic E-state index is -1.12. The van der Waals surface area contributed by atoms with E-state index in [0.29, 0.717) is 24.0 Å². The summed E-state index contributed by atoms with van der Waals surface area (Å²) in [7, 11) is 0. The molecule has 4 aliphatic carbocycles. The molecule has 0 spiro atoms. The number of rotatable bonds is 5. The third-order valence-electron chi connectivity index (χ3n) is 11.0. The number of aliphatic hydroxyl groups excluding tert-OH is 1. The molecule has 37 heavy (non-hydrogen) atoms. The Morgan fingerprint density at radius 3 is 2.22 bits per heavy atom. The van der Waals surface area contributed by atoms with Crippen molar-refractivity contribution in [1.29, 1.82) is 0 Å². The van der Waals surface area contributed by atoms with Gasteiger partial charge in [0.25, 0.3) is 0 Å². The summed E-state index contributed by atoms with van der Waals surface area (Å²) in [5.41, 5.74) is -2.38. The number of carbonyl (C=O) groups is 5. The van der Waals surface area contributed by atoms with Crippen molar-refractivity contribution in [2.45, 2.75) is 93.1 Å². The number of allylic oxidation sites excluding steroid dienone is 2. The van der Waals surface area contributed by atoms with Crippen LogP contribution in [-0.2, 0) is 24.0 Å². The maximum Gasteiger partial charge on any atom is 0.331 e. The molecule has 0 heterocycles. The number of Topliss-reactive ketones (excluding diaryl/α,β-unsaturated/α-hetero) is 4. The van der Waals surface area contributed by atoms with Crippen molar-refractivity contribution in [3.8, 4) is 0 Å². The molecule has 2 saturated carbocycles. The van der Waals surface area contributed by atoms with Gasteiger partial charge in [-0.25, -0.2) is 4.79 Å². The van der Waals surface area contributed by atoms with Crippen molar-refractivity contribution >= 4 is 29.1 Å². The Morgan fingerprint density at radius 1 is 1.00 bits per heavy atom. The second-order valence-corrected chi connectivity index (χ2v) is 13.3. The van der Waals surface area contributed by atoms with Gasteiger partial charge in [0.05, 0.1) is 11.5 Å². The van der Waals surface area contributed by atoms with Gasteiger partial charge in [0, 0.05) is 53.2 Å². The molecule has 7 heteroatoms. The highest BCUT2D eigenvalue weighted by atomic mass is 16.4. The Morgan fingerprint density at radius 2 is 1.62 bits per heavy atom. The average Bonchev–Trinajstić information content (AvgIpc) is 2.99. The highest BCUT2D eigenvalue weighted by molar-refractivity contribution is 6.16. The maximum absolute atomic E-state index is 14.0. The molecule has 0 aromatic rings. The van der Waals surface area contributed by atoms with E-state index in [-0.39, 0.29) is 72.1 Å². The topological polar surface area (TPSA) is 126 Å². The highest BCUT2D eigenvalue weighted by Gasteiger charge is 2.70. The van der Waals surface area contributed by atoms with Crippen LogP contribution in [0.15, 0.2) is 22.8 Å². The number of hydrogen-bond acceptors (Lipinski definition) is 6. The second-order valence-electron chi connectivity index (χ2n) is 13.3. The molecule has 2 fully saturated rings. The molecule has 4 aliphatic rings. The van der Waals surface area contributed by atoms with Crippen molar-refractivity contribution in [1.82, 2.24) is 0 Å². The van der Waals surface area contributed by atoms with Gasteiger partial charge in [0.2, 0.25) is 0 Å². The Hall–Kier alpha value is -2.41. The van der Waals surface area contributed by atoms with E-state index in [1.54, 1.807) is 0 Å². The maximum atomic E-state index is 14.0. The first-order valence-electron chi connectivity index (χ1n) is 13.4. The number of aliphatic hydroxyl groups is 1. The molecule has 2 N–H and O–H groups in total. The Labute approximate surface area is 218 Å². The zero-order chi connectivity index (χ0) is 27.9. The van der Waals surface area contributed by atoms with Crippen LogP contribution in [-0.4, -0.2) is 45.4 Å². The van der Waals surface area contributed by atoms with Crippen molar-refractivity contribution in [2.75, 3.05) is 0 Å². The lowest BCUT2D eigenvalue weighted by atomic mass is 9.43. The van der Waals surface area contributed by atoms with Crippen molar-refractivity contribution in [3.05, 3.63) is 22.8 Å². The second kappa shape index (κ2) is 8.55. The molecule has 7 atom stereocenters. The van der Waals surface area contributed by atoms with Crippen LogP contribution in [0.25, 0.3) is 0 Å². The van der Waals surface area contributed by atoms with Crippen LogP contribution >= 0.6 is 0 Å². The van der Waals surface area contributed by atoms with Crippen molar-refractivity contribution < 1.29 is 34.2 Å². The van der Waals surface area contributed by atoms with Crippen LogP contribution in [0.4, 0.5) is 0 Å². The molecular weight excluding hydrogens is 472 g/mol. The van der Waals surface area contributed by atoms with Crippen LogP contribution in [0.2, 0.25) is 0 Å². The van der Waals surface area contributed by atoms with Crippen LogP contribution < -0.4 is 0 Å². The zero-order valence-electron chi connectivity index (χ0n) is 23.1. The van der Waals surface area contributed by atoms with Gasteiger partial charge < -0.3 is 10.2 Å². The summed E-state index contributed by atoms with van der Waals surface area (Å²) in [4.78, 5) is 65.7. The molecule has 0 saturated heterocycles. The molecule has 0 aliphatic heterocycles. The number of carboxylic acid groups (broad SMARTS) is 1. The van der Waals surface area contributed by atoms with Gasteiger partial charge in [-0.2, -0.15) is 0 Å². The molecule has 0 unspecified atom stereocenters. The van der Waals surface area contributed by atoms with Crippen molar-refractivity contribution in [2.24, 2.45) is 39.4 Å². The summed E-state index contributed by atoms with van der Waals surface area (Å²) in [5, 5.41) is 19.7. The summed E-state index contributed by atoms with van der Waals surface area (Å²) in [5.74, 6) is -2.06. The fourth-order valence-electron chi connectivity index (χ4n) is 8.61. The third-order valence-corrected chi connectivity index (χ3v) is 11.0. The first-order valence-corrected chi connectivity index (χ1v) is 13.4. The molecular formula is C30H40O7. The monoisotopic (exact) mass is 512 g/mol. The Balaban J connectivity index is 1.78. The molecule has 0 amide bonds. The van der Waals surface area contributed by atoms with Gasteiger partial charge in [-0.05, 0) is 55.9 Å². The van der Waals surface area contributed by atoms with Gasteiger partial charge in [0.15, 0.2) is 11.6 Å². The minimum Gasteiger partial charge on any atom is -0.478 e. The molecule has 202 valence electrons. The first-order chi connectivity index (χ1) is 16.9. The lowest BCUT2D eigenvalue weighted by Crippen LogP contribution is -2.59. The van der Waals surface area contributed by atoms with E-state index in [1.807, 2.05) is 41.5 Å². The molecule has 4 rings (SSSR count). The number of ketones is 4. The van der Waals surface area contributed by atoms with E-state index >= 15 is 0 Å². The van der Waals surface area contributed by atoms with Crippen LogP contribution in [0, 0.1) is 39.4 Å². The minimum absolute atomic E-state index is 0.0466. The summed E-state index contributed by atoms with van der Waals surface area (Å²) in [6, 6.07) is 0. The lowest BCUT2D eigenvalue weighted by molar-refractivity contribution is -0.147. The van der Waals surface area contributed by atoms with Crippen LogP contribution in [0.5, 0.6) is 0 Å². The molecule has 0 aromatic heterocycles. The number of carboxylic acids is 1. The molecule has 0 radical (unpaired) electrons. The van der Waals surface area contributed by atoms with Gasteiger partial charge in [-0.3, -0.25) is 19.2 Å². The summed E-state index contributed by atoms with van der Waals surface area (Å²) >= 11 is 0.